The Kier molecular flexibility index (Phi) is 3.77. The Balaban J connectivity index is 3.11. The molecule has 0 spiro atoms. The summed E-state index contributed by atoms with van der Waals surface area (Å²) < 4.78 is 17.8. The average molecular weight is 268 g/mol. The molecule has 0 aliphatic heterocycles. The van der Waals surface area contributed by atoms with Gasteiger partial charge in [-0.1, -0.05) is 23.2 Å². The number of nitrogen functional groups attached to an aromatic ring is 1. The summed E-state index contributed by atoms with van der Waals surface area (Å²) in [7, 11) is 0. The Bertz CT molecular complexity index is 442. The molecule has 16 heavy (non-hydrogen) atoms. The fourth-order valence-electron chi connectivity index (χ4n) is 0.804. The number of anilines is 1. The highest BCUT2D eigenvalue weighted by molar-refractivity contribution is 6.39. The number of carbonyl (C=O) groups is 1. The Morgan fingerprint density at radius 3 is 2.62 bits per heavy atom. The van der Waals surface area contributed by atoms with Crippen molar-refractivity contribution in [3.8, 4) is 5.88 Å². The summed E-state index contributed by atoms with van der Waals surface area (Å²) in [5.41, 5.74) is 5.08. The van der Waals surface area contributed by atoms with Crippen LogP contribution in [0.4, 0.5) is 10.1 Å². The molecule has 0 saturated carbocycles. The molecule has 1 unspecified atom stereocenters. The highest BCUT2D eigenvalue weighted by atomic mass is 35.5. The molecule has 88 valence electrons. The predicted molar refractivity (Wildman–Crippen MR) is 53.7 cm³/mol. The summed E-state index contributed by atoms with van der Waals surface area (Å²) in [6.07, 6.45) is -1.34. The maximum Gasteiger partial charge on any atom is 0.238 e. The monoisotopic (exact) mass is 267 g/mol. The quantitative estimate of drug-likeness (QED) is 0.812. The molecule has 8 heteroatoms. The number of pyridine rings is 1. The molecular formula is C8H6Cl2FN2O3-. The Morgan fingerprint density at radius 2 is 2.12 bits per heavy atom. The molecule has 2 N–H and O–H groups in total. The van der Waals surface area contributed by atoms with Gasteiger partial charge in [0.05, 0.1) is 11.7 Å². The van der Waals surface area contributed by atoms with Crippen molar-refractivity contribution < 1.29 is 19.0 Å². The minimum atomic E-state index is -1.49. The number of rotatable bonds is 3. The number of nitrogens with zero attached hydrogens (tertiary/aromatic N) is 1. The molecule has 1 aromatic heterocycles. The van der Waals surface area contributed by atoms with Gasteiger partial charge in [-0.25, -0.2) is 0 Å². The molecular weight excluding hydrogens is 262 g/mol. The van der Waals surface area contributed by atoms with Gasteiger partial charge in [-0.05, 0) is 6.92 Å². The maximum absolute atomic E-state index is 13.0. The van der Waals surface area contributed by atoms with Crippen LogP contribution in [0.2, 0.25) is 10.0 Å². The molecule has 5 nitrogen and oxygen atoms in total. The average Bonchev–Trinajstić information content (AvgIpc) is 2.22. The number of nitrogens with two attached hydrogens (primary N) is 1. The zero-order chi connectivity index (χ0) is 12.5. The van der Waals surface area contributed by atoms with Crippen LogP contribution in [0.25, 0.3) is 0 Å². The minimum Gasteiger partial charge on any atom is -0.546 e. The molecule has 0 saturated heterocycles. The summed E-state index contributed by atoms with van der Waals surface area (Å²) in [5, 5.41) is 9.70. The van der Waals surface area contributed by atoms with Crippen molar-refractivity contribution in [1.29, 1.82) is 0 Å². The fourth-order valence-corrected chi connectivity index (χ4v) is 1.17. The summed E-state index contributed by atoms with van der Waals surface area (Å²) in [6, 6.07) is 0. The standard InChI is InChI=1S/C8H7Cl2FN2O3/c1-2(8(14)15)16-7-4(10)5(12)3(9)6(11)13-7/h2H,1H3,(H2,12,13)(H,14,15)/p-1. The van der Waals surface area contributed by atoms with E-state index in [4.69, 9.17) is 33.7 Å². The van der Waals surface area contributed by atoms with Gasteiger partial charge in [-0.3, -0.25) is 0 Å². The molecule has 0 fully saturated rings. The summed E-state index contributed by atoms with van der Waals surface area (Å²) in [5.74, 6) is -3.03. The van der Waals surface area contributed by atoms with E-state index in [1.165, 1.54) is 6.92 Å². The summed E-state index contributed by atoms with van der Waals surface area (Å²) in [6.45, 7) is 1.18. The molecule has 1 aromatic rings. The summed E-state index contributed by atoms with van der Waals surface area (Å²) >= 11 is 11.1. The number of carboxylic acids is 1. The molecule has 0 bridgehead atoms. The van der Waals surface area contributed by atoms with E-state index < -0.39 is 28.9 Å². The number of hydrogen-bond donors (Lipinski definition) is 1. The third kappa shape index (κ3) is 2.45. The van der Waals surface area contributed by atoms with E-state index in [0.29, 0.717) is 0 Å². The number of carbonyl (C=O) groups excluding carboxylic acids is 1. The lowest BCUT2D eigenvalue weighted by Gasteiger charge is -2.16. The topological polar surface area (TPSA) is 88.3 Å². The van der Waals surface area contributed by atoms with Crippen LogP contribution >= 0.6 is 23.2 Å². The molecule has 1 rings (SSSR count). The van der Waals surface area contributed by atoms with E-state index in [1.54, 1.807) is 0 Å². The lowest BCUT2D eigenvalue weighted by Crippen LogP contribution is -2.37. The Morgan fingerprint density at radius 1 is 1.56 bits per heavy atom. The number of aliphatic carboxylic acids is 1. The number of hydrogen-bond acceptors (Lipinski definition) is 5. The molecule has 0 aliphatic carbocycles. The molecule has 1 heterocycles. The third-order valence-electron chi connectivity index (χ3n) is 1.66. The van der Waals surface area contributed by atoms with Gasteiger partial charge >= 0.3 is 0 Å². The Hall–Kier alpha value is -1.27. The maximum atomic E-state index is 13.0. The highest BCUT2D eigenvalue weighted by Crippen LogP contribution is 2.35. The van der Waals surface area contributed by atoms with Gasteiger partial charge in [0, 0.05) is 0 Å². The van der Waals surface area contributed by atoms with Gasteiger partial charge in [0.15, 0.2) is 0 Å². The molecule has 1 atom stereocenters. The fraction of sp³-hybridized carbons (Fsp3) is 0.250. The summed E-state index contributed by atoms with van der Waals surface area (Å²) in [4.78, 5) is 13.6. The van der Waals surface area contributed by atoms with E-state index in [-0.39, 0.29) is 10.7 Å². The van der Waals surface area contributed by atoms with E-state index in [2.05, 4.69) is 4.98 Å². The number of halogens is 3. The zero-order valence-electron chi connectivity index (χ0n) is 7.96. The Labute approximate surface area is 99.9 Å². The van der Waals surface area contributed by atoms with Crippen molar-refractivity contribution in [3.63, 3.8) is 0 Å². The van der Waals surface area contributed by atoms with Crippen molar-refractivity contribution >= 4 is 34.9 Å². The van der Waals surface area contributed by atoms with Crippen molar-refractivity contribution in [2.24, 2.45) is 0 Å². The van der Waals surface area contributed by atoms with E-state index in [9.17, 15) is 14.3 Å². The largest absolute Gasteiger partial charge is 0.546 e. The first-order valence-electron chi connectivity index (χ1n) is 4.02. The predicted octanol–water partition coefficient (Wildman–Crippen LogP) is 0.627. The zero-order valence-corrected chi connectivity index (χ0v) is 9.47. The second-order valence-corrected chi connectivity index (χ2v) is 3.58. The molecule has 0 radical (unpaired) electrons. The van der Waals surface area contributed by atoms with Crippen LogP contribution in [0.1, 0.15) is 6.92 Å². The second-order valence-electron chi connectivity index (χ2n) is 2.83. The van der Waals surface area contributed by atoms with E-state index in [0.717, 1.165) is 0 Å². The van der Waals surface area contributed by atoms with Crippen LogP contribution < -0.4 is 15.6 Å². The van der Waals surface area contributed by atoms with Crippen LogP contribution in [0.15, 0.2) is 0 Å². The molecule has 0 aromatic carbocycles. The van der Waals surface area contributed by atoms with Gasteiger partial charge in [-0.15, -0.1) is 0 Å². The van der Waals surface area contributed by atoms with Crippen molar-refractivity contribution in [1.82, 2.24) is 4.98 Å². The minimum absolute atomic E-state index is 0.250. The van der Waals surface area contributed by atoms with Crippen molar-refractivity contribution in [3.05, 3.63) is 16.0 Å². The lowest BCUT2D eigenvalue weighted by molar-refractivity contribution is -0.312. The smallest absolute Gasteiger partial charge is 0.238 e. The number of aromatic nitrogens is 1. The lowest BCUT2D eigenvalue weighted by atomic mass is 10.4. The van der Waals surface area contributed by atoms with Crippen LogP contribution in [-0.2, 0) is 4.79 Å². The normalized spacial score (nSPS) is 12.2. The van der Waals surface area contributed by atoms with E-state index in [1.807, 2.05) is 0 Å². The van der Waals surface area contributed by atoms with Gasteiger partial charge in [0.2, 0.25) is 11.8 Å². The van der Waals surface area contributed by atoms with Gasteiger partial charge < -0.3 is 20.4 Å². The van der Waals surface area contributed by atoms with Crippen LogP contribution in [0, 0.1) is 5.95 Å². The van der Waals surface area contributed by atoms with E-state index >= 15 is 0 Å². The third-order valence-corrected chi connectivity index (χ3v) is 2.39. The van der Waals surface area contributed by atoms with Crippen molar-refractivity contribution in [2.75, 3.05) is 5.73 Å². The van der Waals surface area contributed by atoms with Gasteiger partial charge in [0.1, 0.15) is 16.1 Å². The van der Waals surface area contributed by atoms with Crippen molar-refractivity contribution in [2.45, 2.75) is 13.0 Å². The van der Waals surface area contributed by atoms with Crippen LogP contribution in [-0.4, -0.2) is 17.1 Å². The molecule has 0 aliphatic rings. The first kappa shape index (κ1) is 12.8. The van der Waals surface area contributed by atoms with Crippen LogP contribution in [0.5, 0.6) is 5.88 Å². The number of ether oxygens (including phenoxy) is 1. The highest BCUT2D eigenvalue weighted by Gasteiger charge is 2.18. The SMILES string of the molecule is CC(Oc1nc(F)c(Cl)c(N)c1Cl)C(=O)[O-]. The molecule has 0 amide bonds. The second kappa shape index (κ2) is 4.71. The van der Waals surface area contributed by atoms with Gasteiger partial charge in [0.25, 0.3) is 0 Å². The first-order chi connectivity index (χ1) is 7.34. The number of carboxylic acid groups (broad SMARTS) is 1. The van der Waals surface area contributed by atoms with Crippen LogP contribution in [0.3, 0.4) is 0 Å². The first-order valence-corrected chi connectivity index (χ1v) is 4.77. The van der Waals surface area contributed by atoms with Gasteiger partial charge in [-0.2, -0.15) is 9.37 Å².